The van der Waals surface area contributed by atoms with E-state index < -0.39 is 34.9 Å². The van der Waals surface area contributed by atoms with Crippen molar-refractivity contribution in [3.05, 3.63) is 71.2 Å². The molecule has 2 heterocycles. The number of nitrogens with zero attached hydrogens (tertiary/aromatic N) is 3. The van der Waals surface area contributed by atoms with Crippen LogP contribution in [0.25, 0.3) is 0 Å². The number of benzene rings is 1. The molecule has 3 N–H and O–H groups in total. The molecule has 0 fully saturated rings. The van der Waals surface area contributed by atoms with Crippen molar-refractivity contribution in [2.24, 2.45) is 7.05 Å². The number of nitrogens with one attached hydrogen (secondary N) is 3. The van der Waals surface area contributed by atoms with Gasteiger partial charge in [0.25, 0.3) is 11.8 Å². The van der Waals surface area contributed by atoms with E-state index in [4.69, 9.17) is 0 Å². The van der Waals surface area contributed by atoms with Crippen molar-refractivity contribution >= 4 is 23.3 Å². The lowest BCUT2D eigenvalue weighted by atomic mass is 10.1. The molecule has 8 nitrogen and oxygen atoms in total. The van der Waals surface area contributed by atoms with E-state index in [1.807, 2.05) is 0 Å². The molecule has 0 aliphatic carbocycles. The van der Waals surface area contributed by atoms with E-state index in [0.717, 1.165) is 5.69 Å². The minimum Gasteiger partial charge on any atom is -0.363 e. The molecule has 3 aromatic rings. The summed E-state index contributed by atoms with van der Waals surface area (Å²) < 4.78 is 54.4. The molecule has 168 valence electrons. The summed E-state index contributed by atoms with van der Waals surface area (Å²) in [6.07, 6.45) is -0.364. The molecule has 32 heavy (non-hydrogen) atoms. The number of amides is 2. The number of pyridine rings is 1. The fourth-order valence-corrected chi connectivity index (χ4v) is 2.78. The molecular formula is C20H18F4N6O2. The minimum absolute atomic E-state index is 0.0242. The highest BCUT2D eigenvalue weighted by molar-refractivity contribution is 6.06. The Labute approximate surface area is 179 Å². The lowest BCUT2D eigenvalue weighted by Crippen LogP contribution is -2.20. The lowest BCUT2D eigenvalue weighted by Gasteiger charge is -2.14. The van der Waals surface area contributed by atoms with E-state index in [0.29, 0.717) is 18.2 Å². The van der Waals surface area contributed by atoms with Crippen molar-refractivity contribution in [3.8, 4) is 0 Å². The zero-order valence-corrected chi connectivity index (χ0v) is 16.9. The Kier molecular flexibility index (Phi) is 6.42. The molecule has 2 aromatic heterocycles. The molecule has 0 atom stereocenters. The molecule has 12 heteroatoms. The summed E-state index contributed by atoms with van der Waals surface area (Å²) in [4.78, 5) is 32.7. The SMILES string of the molecule is CNC(=O)c1cnc(NCc2cncn2C)c(NC(=O)c2cc(F)cc(C(F)(F)F)c2)c1. The van der Waals surface area contributed by atoms with E-state index >= 15 is 0 Å². The first-order valence-corrected chi connectivity index (χ1v) is 9.19. The number of imidazole rings is 1. The predicted octanol–water partition coefficient (Wildman–Crippen LogP) is 3.20. The average Bonchev–Trinajstić information content (AvgIpc) is 3.15. The van der Waals surface area contributed by atoms with Gasteiger partial charge in [0, 0.05) is 32.1 Å². The Morgan fingerprint density at radius 3 is 2.44 bits per heavy atom. The summed E-state index contributed by atoms with van der Waals surface area (Å²) >= 11 is 0. The second-order valence-corrected chi connectivity index (χ2v) is 6.73. The first kappa shape index (κ1) is 22.7. The highest BCUT2D eigenvalue weighted by atomic mass is 19.4. The van der Waals surface area contributed by atoms with E-state index in [1.165, 1.54) is 19.3 Å². The second-order valence-electron chi connectivity index (χ2n) is 6.73. The third-order valence-electron chi connectivity index (χ3n) is 4.47. The quantitative estimate of drug-likeness (QED) is 0.501. The van der Waals surface area contributed by atoms with Gasteiger partial charge in [-0.3, -0.25) is 9.59 Å². The second kappa shape index (κ2) is 9.04. The zero-order chi connectivity index (χ0) is 23.5. The summed E-state index contributed by atoms with van der Waals surface area (Å²) in [7, 11) is 3.18. The van der Waals surface area contributed by atoms with Gasteiger partial charge in [-0.25, -0.2) is 14.4 Å². The van der Waals surface area contributed by atoms with Crippen molar-refractivity contribution in [1.82, 2.24) is 19.9 Å². The third-order valence-corrected chi connectivity index (χ3v) is 4.47. The smallest absolute Gasteiger partial charge is 0.363 e. The molecule has 0 aliphatic heterocycles. The number of carbonyl (C=O) groups is 2. The topological polar surface area (TPSA) is 101 Å². The first-order valence-electron chi connectivity index (χ1n) is 9.19. The van der Waals surface area contributed by atoms with Crippen molar-refractivity contribution in [2.75, 3.05) is 17.7 Å². The molecule has 0 aliphatic rings. The average molecular weight is 450 g/mol. The van der Waals surface area contributed by atoms with Gasteiger partial charge in [0.05, 0.1) is 35.4 Å². The van der Waals surface area contributed by atoms with Gasteiger partial charge in [-0.2, -0.15) is 13.2 Å². The standard InChI is InChI=1S/C20H18F4N6O2/c1-25-18(31)12-5-16(17(27-7-12)28-9-15-8-26-10-30(15)2)29-19(32)11-3-13(20(22,23)24)6-14(21)4-11/h3-8,10H,9H2,1-2H3,(H,25,31)(H,27,28)(H,29,32). The Hall–Kier alpha value is -3.96. The minimum atomic E-state index is -4.83. The van der Waals surface area contributed by atoms with Gasteiger partial charge in [0.2, 0.25) is 0 Å². The number of hydrogen-bond donors (Lipinski definition) is 3. The van der Waals surface area contributed by atoms with Crippen LogP contribution >= 0.6 is 0 Å². The van der Waals surface area contributed by atoms with Gasteiger partial charge in [0.15, 0.2) is 0 Å². The zero-order valence-electron chi connectivity index (χ0n) is 16.9. The van der Waals surface area contributed by atoms with Gasteiger partial charge in [-0.1, -0.05) is 0 Å². The van der Waals surface area contributed by atoms with Crippen LogP contribution in [0.4, 0.5) is 29.1 Å². The van der Waals surface area contributed by atoms with Crippen molar-refractivity contribution in [3.63, 3.8) is 0 Å². The van der Waals surface area contributed by atoms with Crippen molar-refractivity contribution in [1.29, 1.82) is 0 Å². The fraction of sp³-hybridized carbons (Fsp3) is 0.200. The number of rotatable bonds is 6. The number of carbonyl (C=O) groups excluding carboxylic acids is 2. The van der Waals surface area contributed by atoms with Crippen LogP contribution in [0.1, 0.15) is 32.0 Å². The van der Waals surface area contributed by atoms with Crippen LogP contribution < -0.4 is 16.0 Å². The first-order chi connectivity index (χ1) is 15.1. The van der Waals surface area contributed by atoms with Crippen LogP contribution in [0.2, 0.25) is 0 Å². The van der Waals surface area contributed by atoms with Gasteiger partial charge >= 0.3 is 6.18 Å². The Morgan fingerprint density at radius 1 is 1.06 bits per heavy atom. The number of hydrogen-bond acceptors (Lipinski definition) is 5. The van der Waals surface area contributed by atoms with Crippen LogP contribution in [0.15, 0.2) is 43.0 Å². The summed E-state index contributed by atoms with van der Waals surface area (Å²) in [6.45, 7) is 0.254. The maximum atomic E-state index is 13.7. The van der Waals surface area contributed by atoms with Gasteiger partial charge in [-0.15, -0.1) is 0 Å². The van der Waals surface area contributed by atoms with Gasteiger partial charge in [-0.05, 0) is 24.3 Å². The van der Waals surface area contributed by atoms with E-state index in [1.54, 1.807) is 24.1 Å². The summed E-state index contributed by atoms with van der Waals surface area (Å²) in [6, 6.07) is 2.82. The third kappa shape index (κ3) is 5.20. The number of alkyl halides is 3. The molecule has 0 unspecified atom stereocenters. The molecule has 0 radical (unpaired) electrons. The number of anilines is 2. The molecule has 0 saturated heterocycles. The Balaban J connectivity index is 1.92. The monoisotopic (exact) mass is 450 g/mol. The highest BCUT2D eigenvalue weighted by Gasteiger charge is 2.32. The van der Waals surface area contributed by atoms with Gasteiger partial charge < -0.3 is 20.5 Å². The fourth-order valence-electron chi connectivity index (χ4n) is 2.78. The maximum Gasteiger partial charge on any atom is 0.416 e. The summed E-state index contributed by atoms with van der Waals surface area (Å²) in [5.41, 5.74) is -0.936. The number of aromatic nitrogens is 3. The van der Waals surface area contributed by atoms with Crippen LogP contribution in [-0.2, 0) is 19.8 Å². The van der Waals surface area contributed by atoms with E-state index in [9.17, 15) is 27.2 Å². The normalized spacial score (nSPS) is 11.2. The molecule has 0 bridgehead atoms. The van der Waals surface area contributed by atoms with Crippen LogP contribution in [0.5, 0.6) is 0 Å². The van der Waals surface area contributed by atoms with E-state index in [-0.39, 0.29) is 23.6 Å². The van der Waals surface area contributed by atoms with Crippen LogP contribution in [0, 0.1) is 5.82 Å². The molecule has 3 rings (SSSR count). The molecule has 2 amide bonds. The Bertz CT molecular complexity index is 1160. The predicted molar refractivity (Wildman–Crippen MR) is 108 cm³/mol. The Morgan fingerprint density at radius 2 is 1.81 bits per heavy atom. The highest BCUT2D eigenvalue weighted by Crippen LogP contribution is 2.31. The largest absolute Gasteiger partial charge is 0.416 e. The summed E-state index contributed by atoms with van der Waals surface area (Å²) in [5, 5.41) is 7.78. The van der Waals surface area contributed by atoms with Crippen LogP contribution in [-0.4, -0.2) is 33.4 Å². The molecule has 0 saturated carbocycles. The lowest BCUT2D eigenvalue weighted by molar-refractivity contribution is -0.137. The van der Waals surface area contributed by atoms with Gasteiger partial charge in [0.1, 0.15) is 11.6 Å². The van der Waals surface area contributed by atoms with Crippen molar-refractivity contribution < 1.29 is 27.2 Å². The molecule has 0 spiro atoms. The number of aryl methyl sites for hydroxylation is 1. The van der Waals surface area contributed by atoms with Crippen molar-refractivity contribution in [2.45, 2.75) is 12.7 Å². The molecule has 1 aromatic carbocycles. The van der Waals surface area contributed by atoms with E-state index in [2.05, 4.69) is 25.9 Å². The van der Waals surface area contributed by atoms with Crippen LogP contribution in [0.3, 0.4) is 0 Å². The molecular weight excluding hydrogens is 432 g/mol. The maximum absolute atomic E-state index is 13.7. The number of halogens is 4. The summed E-state index contributed by atoms with van der Waals surface area (Å²) in [5.74, 6) is -2.55.